The molecular weight excluding hydrogens is 164 g/mol. The summed E-state index contributed by atoms with van der Waals surface area (Å²) >= 11 is 0. The Morgan fingerprint density at radius 1 is 1.38 bits per heavy atom. The molecule has 0 aliphatic heterocycles. The number of carbonyl (C=O) groups is 1. The van der Waals surface area contributed by atoms with Gasteiger partial charge in [-0.2, -0.15) is 0 Å². The molecule has 3 nitrogen and oxygen atoms in total. The standard InChI is InChI=1S/C10H22N2O/c1-6-8-10(3,4)11-9(13)12(5)7-2/h6-8H2,1-5H3,(H,11,13). The molecule has 13 heavy (non-hydrogen) atoms. The Balaban J connectivity index is 4.03. The van der Waals surface area contributed by atoms with Crippen LogP contribution in [0.5, 0.6) is 0 Å². The first kappa shape index (κ1) is 12.3. The molecule has 0 atom stereocenters. The second-order valence-corrected chi connectivity index (χ2v) is 4.08. The lowest BCUT2D eigenvalue weighted by Crippen LogP contribution is -2.48. The summed E-state index contributed by atoms with van der Waals surface area (Å²) in [5.74, 6) is 0. The van der Waals surface area contributed by atoms with Crippen molar-refractivity contribution >= 4 is 6.03 Å². The quantitative estimate of drug-likeness (QED) is 0.717. The van der Waals surface area contributed by atoms with Crippen LogP contribution in [-0.4, -0.2) is 30.1 Å². The van der Waals surface area contributed by atoms with Gasteiger partial charge >= 0.3 is 6.03 Å². The van der Waals surface area contributed by atoms with E-state index in [1.54, 1.807) is 11.9 Å². The SMILES string of the molecule is CCCC(C)(C)NC(=O)N(C)CC. The maximum Gasteiger partial charge on any atom is 0.317 e. The molecule has 0 aliphatic carbocycles. The van der Waals surface area contributed by atoms with Crippen molar-refractivity contribution in [2.24, 2.45) is 0 Å². The molecule has 0 saturated carbocycles. The van der Waals surface area contributed by atoms with Crippen LogP contribution in [0.4, 0.5) is 4.79 Å². The molecule has 1 N–H and O–H groups in total. The van der Waals surface area contributed by atoms with Crippen molar-refractivity contribution in [3.63, 3.8) is 0 Å². The average Bonchev–Trinajstić information content (AvgIpc) is 2.01. The second-order valence-electron chi connectivity index (χ2n) is 4.08. The van der Waals surface area contributed by atoms with Gasteiger partial charge in [-0.1, -0.05) is 13.3 Å². The van der Waals surface area contributed by atoms with Crippen LogP contribution in [0.15, 0.2) is 0 Å². The van der Waals surface area contributed by atoms with E-state index in [1.165, 1.54) is 0 Å². The van der Waals surface area contributed by atoms with Crippen LogP contribution in [0, 0.1) is 0 Å². The summed E-state index contributed by atoms with van der Waals surface area (Å²) in [5, 5.41) is 2.99. The van der Waals surface area contributed by atoms with Gasteiger partial charge in [-0.15, -0.1) is 0 Å². The number of amides is 2. The summed E-state index contributed by atoms with van der Waals surface area (Å²) in [4.78, 5) is 13.2. The van der Waals surface area contributed by atoms with Crippen LogP contribution in [0.1, 0.15) is 40.5 Å². The minimum atomic E-state index is -0.0880. The van der Waals surface area contributed by atoms with E-state index in [4.69, 9.17) is 0 Å². The van der Waals surface area contributed by atoms with Crippen molar-refractivity contribution in [3.05, 3.63) is 0 Å². The van der Waals surface area contributed by atoms with Crippen molar-refractivity contribution < 1.29 is 4.79 Å². The summed E-state index contributed by atoms with van der Waals surface area (Å²) in [6, 6.07) is 0.0148. The highest BCUT2D eigenvalue weighted by molar-refractivity contribution is 5.74. The third kappa shape index (κ3) is 4.76. The predicted molar refractivity (Wildman–Crippen MR) is 55.8 cm³/mol. The van der Waals surface area contributed by atoms with E-state index in [-0.39, 0.29) is 11.6 Å². The molecule has 2 amide bonds. The fraction of sp³-hybridized carbons (Fsp3) is 0.900. The number of carbonyl (C=O) groups excluding carboxylic acids is 1. The molecule has 0 bridgehead atoms. The highest BCUT2D eigenvalue weighted by Gasteiger charge is 2.20. The zero-order valence-electron chi connectivity index (χ0n) is 9.48. The number of urea groups is 1. The van der Waals surface area contributed by atoms with Gasteiger partial charge in [0.05, 0.1) is 0 Å². The van der Waals surface area contributed by atoms with E-state index in [0.29, 0.717) is 0 Å². The van der Waals surface area contributed by atoms with Gasteiger partial charge in [-0.25, -0.2) is 4.79 Å². The Hall–Kier alpha value is -0.730. The Labute approximate surface area is 81.5 Å². The number of hydrogen-bond donors (Lipinski definition) is 1. The first-order valence-corrected chi connectivity index (χ1v) is 4.96. The van der Waals surface area contributed by atoms with Crippen molar-refractivity contribution in [2.75, 3.05) is 13.6 Å². The van der Waals surface area contributed by atoms with E-state index in [0.717, 1.165) is 19.4 Å². The number of hydrogen-bond acceptors (Lipinski definition) is 1. The average molecular weight is 186 g/mol. The molecule has 0 unspecified atom stereocenters. The van der Waals surface area contributed by atoms with Crippen LogP contribution in [0.2, 0.25) is 0 Å². The minimum absolute atomic E-state index is 0.0148. The fourth-order valence-electron chi connectivity index (χ4n) is 1.22. The zero-order valence-corrected chi connectivity index (χ0v) is 9.48. The molecule has 0 aromatic heterocycles. The van der Waals surface area contributed by atoms with E-state index in [2.05, 4.69) is 26.1 Å². The molecule has 0 heterocycles. The van der Waals surface area contributed by atoms with Gasteiger partial charge < -0.3 is 10.2 Å². The Morgan fingerprint density at radius 3 is 2.31 bits per heavy atom. The van der Waals surface area contributed by atoms with Crippen molar-refractivity contribution in [1.82, 2.24) is 10.2 Å². The van der Waals surface area contributed by atoms with Crippen molar-refractivity contribution in [2.45, 2.75) is 46.1 Å². The van der Waals surface area contributed by atoms with Crippen molar-refractivity contribution in [3.8, 4) is 0 Å². The molecule has 0 radical (unpaired) electrons. The van der Waals surface area contributed by atoms with Gasteiger partial charge in [0.2, 0.25) is 0 Å². The van der Waals surface area contributed by atoms with Crippen LogP contribution in [0.3, 0.4) is 0 Å². The van der Waals surface area contributed by atoms with E-state index < -0.39 is 0 Å². The molecule has 0 spiro atoms. The van der Waals surface area contributed by atoms with E-state index >= 15 is 0 Å². The number of nitrogens with one attached hydrogen (secondary N) is 1. The maximum atomic E-state index is 11.5. The van der Waals surface area contributed by atoms with E-state index in [1.807, 2.05) is 6.92 Å². The highest BCUT2D eigenvalue weighted by Crippen LogP contribution is 2.10. The van der Waals surface area contributed by atoms with E-state index in [9.17, 15) is 4.79 Å². The molecule has 0 aromatic carbocycles. The normalized spacial score (nSPS) is 11.2. The summed E-state index contributed by atoms with van der Waals surface area (Å²) in [5.41, 5.74) is -0.0880. The summed E-state index contributed by atoms with van der Waals surface area (Å²) in [6.45, 7) is 8.94. The fourth-order valence-corrected chi connectivity index (χ4v) is 1.22. The van der Waals surface area contributed by atoms with Crippen LogP contribution in [0.25, 0.3) is 0 Å². The Kier molecular flexibility index (Phi) is 4.81. The van der Waals surface area contributed by atoms with Gasteiger partial charge in [0.1, 0.15) is 0 Å². The molecule has 78 valence electrons. The van der Waals surface area contributed by atoms with Gasteiger partial charge in [-0.3, -0.25) is 0 Å². The third-order valence-electron chi connectivity index (χ3n) is 2.14. The largest absolute Gasteiger partial charge is 0.333 e. The molecule has 0 rings (SSSR count). The molecule has 0 saturated heterocycles. The highest BCUT2D eigenvalue weighted by atomic mass is 16.2. The Morgan fingerprint density at radius 2 is 1.92 bits per heavy atom. The zero-order chi connectivity index (χ0) is 10.5. The smallest absolute Gasteiger partial charge is 0.317 e. The molecule has 3 heteroatoms. The lowest BCUT2D eigenvalue weighted by Gasteiger charge is -2.28. The molecule has 0 fully saturated rings. The second kappa shape index (κ2) is 5.10. The van der Waals surface area contributed by atoms with Crippen LogP contribution in [-0.2, 0) is 0 Å². The van der Waals surface area contributed by atoms with Gasteiger partial charge in [0, 0.05) is 19.1 Å². The first-order chi connectivity index (χ1) is 5.93. The summed E-state index contributed by atoms with van der Waals surface area (Å²) in [6.07, 6.45) is 2.10. The first-order valence-electron chi connectivity index (χ1n) is 4.96. The minimum Gasteiger partial charge on any atom is -0.333 e. The molecule has 0 aliphatic rings. The molecule has 0 aromatic rings. The number of nitrogens with zero attached hydrogens (tertiary/aromatic N) is 1. The third-order valence-corrected chi connectivity index (χ3v) is 2.14. The topological polar surface area (TPSA) is 32.3 Å². The monoisotopic (exact) mass is 186 g/mol. The van der Waals surface area contributed by atoms with Gasteiger partial charge in [0.25, 0.3) is 0 Å². The van der Waals surface area contributed by atoms with Gasteiger partial charge in [0.15, 0.2) is 0 Å². The van der Waals surface area contributed by atoms with Crippen molar-refractivity contribution in [1.29, 1.82) is 0 Å². The Bertz CT molecular complexity index is 166. The predicted octanol–water partition coefficient (Wildman–Crippen LogP) is 2.23. The summed E-state index contributed by atoms with van der Waals surface area (Å²) in [7, 11) is 1.80. The lowest BCUT2D eigenvalue weighted by molar-refractivity contribution is 0.197. The van der Waals surface area contributed by atoms with Gasteiger partial charge in [-0.05, 0) is 27.2 Å². The summed E-state index contributed by atoms with van der Waals surface area (Å²) < 4.78 is 0. The van der Waals surface area contributed by atoms with Crippen LogP contribution >= 0.6 is 0 Å². The van der Waals surface area contributed by atoms with Crippen LogP contribution < -0.4 is 5.32 Å². The maximum absolute atomic E-state index is 11.5. The lowest BCUT2D eigenvalue weighted by atomic mass is 9.99. The molecular formula is C10H22N2O. The number of rotatable bonds is 4.